The third-order valence-electron chi connectivity index (χ3n) is 8.06. The van der Waals surface area contributed by atoms with Crippen LogP contribution in [0.15, 0.2) is 31.1 Å². The highest BCUT2D eigenvalue weighted by atomic mass is 35.5. The SMILES string of the molecule is [B]P1(=O)OC[C@H]2O[C@@H](n3cnc4c(N)ncnc43)C(F)[C@H]2OP(O)(=S)OC[C@@]2(C)O[C@@H](n3cnc4cc(C)c(Cl)cc43)[C@@H](F)C2O1. The van der Waals surface area contributed by atoms with E-state index < -0.39 is 76.1 Å². The zero-order valence-corrected chi connectivity index (χ0v) is 27.3. The van der Waals surface area contributed by atoms with Gasteiger partial charge in [0, 0.05) is 5.02 Å². The van der Waals surface area contributed by atoms with Crippen LogP contribution in [0, 0.1) is 6.92 Å². The van der Waals surface area contributed by atoms with Crippen LogP contribution in [0.3, 0.4) is 0 Å². The fourth-order valence-corrected chi connectivity index (χ4v) is 8.47. The molecule has 22 heteroatoms. The summed E-state index contributed by atoms with van der Waals surface area (Å²) in [6.45, 7) is -2.43. The monoisotopic (exact) mass is 717 g/mol. The fourth-order valence-electron chi connectivity index (χ4n) is 5.74. The molecule has 3 aromatic heterocycles. The number of anilines is 1. The molecule has 3 N–H and O–H groups in total. The van der Waals surface area contributed by atoms with E-state index in [1.807, 2.05) is 0 Å². The Morgan fingerprint density at radius 3 is 2.67 bits per heavy atom. The number of halogens is 3. The lowest BCUT2D eigenvalue weighted by Crippen LogP contribution is -2.45. The number of nitrogens with two attached hydrogens (primary N) is 1. The number of alkyl halides is 2. The summed E-state index contributed by atoms with van der Waals surface area (Å²) in [5, 5.41) is 0.415. The van der Waals surface area contributed by atoms with E-state index in [1.165, 1.54) is 35.0 Å². The Balaban J connectivity index is 1.19. The van der Waals surface area contributed by atoms with Crippen LogP contribution < -0.4 is 5.73 Å². The number of fused-ring (bicyclic) bond motifs is 4. The van der Waals surface area contributed by atoms with E-state index in [0.717, 1.165) is 5.56 Å². The molecule has 3 aliphatic rings. The summed E-state index contributed by atoms with van der Waals surface area (Å²) in [6, 6.07) is 3.33. The topological polar surface area (TPSA) is 180 Å². The number of hydrogen-bond acceptors (Lipinski definition) is 13. The zero-order valence-electron chi connectivity index (χ0n) is 23.9. The van der Waals surface area contributed by atoms with Gasteiger partial charge in [0.25, 0.3) is 7.47 Å². The molecule has 3 aliphatic heterocycles. The number of hydrogen-bond donors (Lipinski definition) is 2. The van der Waals surface area contributed by atoms with Gasteiger partial charge in [-0.1, -0.05) is 11.6 Å². The molecule has 7 rings (SSSR count). The minimum atomic E-state index is -4.60. The summed E-state index contributed by atoms with van der Waals surface area (Å²) in [5.74, 6) is 0.0542. The maximum Gasteiger partial charge on any atom is 0.325 e. The van der Waals surface area contributed by atoms with Crippen molar-refractivity contribution in [3.63, 3.8) is 0 Å². The number of nitrogen functional groups attached to an aromatic ring is 1. The fraction of sp³-hybridized carbons (Fsp3) is 0.500. The molecule has 15 nitrogen and oxygen atoms in total. The van der Waals surface area contributed by atoms with Crippen molar-refractivity contribution in [1.82, 2.24) is 29.1 Å². The average molecular weight is 718 g/mol. The van der Waals surface area contributed by atoms with E-state index in [0.29, 0.717) is 16.1 Å². The van der Waals surface area contributed by atoms with E-state index in [2.05, 4.69) is 19.9 Å². The maximum absolute atomic E-state index is 16.3. The first-order valence-electron chi connectivity index (χ1n) is 13.7. The van der Waals surface area contributed by atoms with Crippen molar-refractivity contribution in [3.8, 4) is 0 Å². The second-order valence-electron chi connectivity index (χ2n) is 11.3. The Kier molecular flexibility index (Phi) is 8.09. The highest BCUT2D eigenvalue weighted by Crippen LogP contribution is 2.56. The number of nitrogens with zero attached hydrogens (tertiary/aromatic N) is 6. The standard InChI is InChI=1S/C24H25BClF2N7O8P2S/c1-10-3-12-13(4-11(10)26)34(8-32-12)23-16(28)19-24(2,41-23)6-39-45(37,46)42-18-14(5-38-44(25,36)43-19)40-22(15(18)27)35-9-33-17-20(29)30-7-31-21(17)35/h3-4,7-9,14-16,18-19,22-23H,5-6H2,1-2H3,(H,37,46)(H2,29,30,31)/t14-,15?,16+,18+,19?,22-,23-,24-,44?,45?/m1/s1. The third-order valence-corrected chi connectivity index (χ3v) is 11.0. The quantitative estimate of drug-likeness (QED) is 0.227. The number of aromatic nitrogens is 6. The first-order valence-corrected chi connectivity index (χ1v) is 18.3. The second-order valence-corrected chi connectivity index (χ2v) is 16.0. The normalized spacial score (nSPS) is 38.8. The van der Waals surface area contributed by atoms with Gasteiger partial charge in [-0.2, -0.15) is 0 Å². The third kappa shape index (κ3) is 5.58. The maximum atomic E-state index is 16.3. The van der Waals surface area contributed by atoms with Gasteiger partial charge in [0.05, 0.1) is 36.9 Å². The molecule has 3 fully saturated rings. The summed E-state index contributed by atoms with van der Waals surface area (Å²) < 4.78 is 82.6. The lowest BCUT2D eigenvalue weighted by molar-refractivity contribution is -0.112. The van der Waals surface area contributed by atoms with Crippen molar-refractivity contribution in [2.24, 2.45) is 0 Å². The van der Waals surface area contributed by atoms with Crippen molar-refractivity contribution < 1.29 is 45.8 Å². The zero-order chi connectivity index (χ0) is 32.8. The minimum absolute atomic E-state index is 0.0542. The molecule has 0 aliphatic carbocycles. The van der Waals surface area contributed by atoms with Crippen molar-refractivity contribution in [2.45, 2.75) is 62.6 Å². The average Bonchev–Trinajstić information content (AvgIpc) is 3.73. The van der Waals surface area contributed by atoms with Gasteiger partial charge in [-0.15, -0.1) is 0 Å². The summed E-state index contributed by atoms with van der Waals surface area (Å²) in [7, 11) is 1.33. The van der Waals surface area contributed by atoms with Crippen LogP contribution in [0.1, 0.15) is 24.9 Å². The molecule has 1 aromatic carbocycles. The molecule has 10 atom stereocenters. The molecule has 6 heterocycles. The molecule has 3 saturated heterocycles. The molecule has 2 radical (unpaired) electrons. The molecule has 46 heavy (non-hydrogen) atoms. The van der Waals surface area contributed by atoms with Gasteiger partial charge in [-0.05, 0) is 43.4 Å². The number of benzene rings is 1. The van der Waals surface area contributed by atoms with Gasteiger partial charge < -0.3 is 38.2 Å². The van der Waals surface area contributed by atoms with Gasteiger partial charge in [-0.25, -0.2) is 28.7 Å². The molecule has 4 unspecified atom stereocenters. The highest BCUT2D eigenvalue weighted by Gasteiger charge is 2.58. The van der Waals surface area contributed by atoms with Crippen molar-refractivity contribution in [1.29, 1.82) is 0 Å². The summed E-state index contributed by atoms with van der Waals surface area (Å²) in [5.41, 5.74) is 6.14. The van der Waals surface area contributed by atoms with Gasteiger partial charge in [0.2, 0.25) is 7.57 Å². The summed E-state index contributed by atoms with van der Waals surface area (Å²) >= 11 is 11.5. The summed E-state index contributed by atoms with van der Waals surface area (Å²) in [6.07, 6.45) is -7.76. The number of rotatable bonds is 2. The van der Waals surface area contributed by atoms with E-state index >= 15 is 8.78 Å². The molecular formula is C24H25BClF2N7O8P2S. The summed E-state index contributed by atoms with van der Waals surface area (Å²) in [4.78, 5) is 27.4. The van der Waals surface area contributed by atoms with Crippen molar-refractivity contribution in [3.05, 3.63) is 41.7 Å². The van der Waals surface area contributed by atoms with Crippen LogP contribution in [0.5, 0.6) is 0 Å². The first kappa shape index (κ1) is 32.4. The lowest BCUT2D eigenvalue weighted by atomic mass is 9.99. The van der Waals surface area contributed by atoms with E-state index in [-0.39, 0.29) is 17.0 Å². The van der Waals surface area contributed by atoms with Gasteiger partial charge in [0.15, 0.2) is 36.3 Å². The van der Waals surface area contributed by atoms with Crippen LogP contribution in [-0.4, -0.2) is 91.0 Å². The van der Waals surface area contributed by atoms with Crippen LogP contribution in [0.4, 0.5) is 14.6 Å². The predicted octanol–water partition coefficient (Wildman–Crippen LogP) is 3.59. The van der Waals surface area contributed by atoms with Gasteiger partial charge in [-0.3, -0.25) is 13.7 Å². The number of ether oxygens (including phenoxy) is 2. The predicted molar refractivity (Wildman–Crippen MR) is 163 cm³/mol. The van der Waals surface area contributed by atoms with E-state index in [4.69, 9.17) is 64.3 Å². The Labute approximate surface area is 270 Å². The Morgan fingerprint density at radius 1 is 1.13 bits per heavy atom. The number of imidazole rings is 2. The molecular weight excluding hydrogens is 693 g/mol. The van der Waals surface area contributed by atoms with Gasteiger partial charge in [0.1, 0.15) is 35.8 Å². The van der Waals surface area contributed by atoms with Crippen molar-refractivity contribution in [2.75, 3.05) is 18.9 Å². The van der Waals surface area contributed by atoms with Gasteiger partial charge >= 0.3 is 6.72 Å². The van der Waals surface area contributed by atoms with Crippen LogP contribution >= 0.6 is 25.8 Å². The minimum Gasteiger partial charge on any atom is -0.382 e. The molecule has 0 bridgehead atoms. The van der Waals surface area contributed by atoms with Crippen LogP contribution in [0.2, 0.25) is 5.02 Å². The second kappa shape index (κ2) is 11.5. The smallest absolute Gasteiger partial charge is 0.325 e. The van der Waals surface area contributed by atoms with Crippen LogP contribution in [-0.2, 0) is 43.9 Å². The Morgan fingerprint density at radius 2 is 1.89 bits per heavy atom. The van der Waals surface area contributed by atoms with E-state index in [1.54, 1.807) is 19.1 Å². The molecule has 244 valence electrons. The lowest BCUT2D eigenvalue weighted by Gasteiger charge is -2.34. The Bertz CT molecular complexity index is 1950. The molecule has 0 saturated carbocycles. The number of aryl methyl sites for hydroxylation is 1. The Hall–Kier alpha value is -2.15. The highest BCUT2D eigenvalue weighted by molar-refractivity contribution is 8.07. The molecule has 4 aromatic rings. The molecule has 0 amide bonds. The first-order chi connectivity index (χ1) is 21.7. The van der Waals surface area contributed by atoms with E-state index in [9.17, 15) is 9.46 Å². The van der Waals surface area contributed by atoms with Crippen LogP contribution in [0.25, 0.3) is 22.2 Å². The van der Waals surface area contributed by atoms with Crippen molar-refractivity contribution >= 4 is 73.2 Å². The molecule has 0 spiro atoms. The largest absolute Gasteiger partial charge is 0.382 e.